The van der Waals surface area contributed by atoms with E-state index in [-0.39, 0.29) is 5.82 Å². The van der Waals surface area contributed by atoms with E-state index in [1.807, 2.05) is 25.4 Å². The van der Waals surface area contributed by atoms with E-state index >= 15 is 0 Å². The third kappa shape index (κ3) is 3.42. The van der Waals surface area contributed by atoms with Crippen molar-refractivity contribution in [2.45, 2.75) is 10.9 Å². The van der Waals surface area contributed by atoms with Crippen LogP contribution in [0.3, 0.4) is 0 Å². The Labute approximate surface area is 141 Å². The third-order valence-electron chi connectivity index (χ3n) is 3.37. The molecule has 2 nitrogen and oxygen atoms in total. The molecule has 0 saturated heterocycles. The van der Waals surface area contributed by atoms with Gasteiger partial charge in [0.05, 0.1) is 11.9 Å². The van der Waals surface area contributed by atoms with Crippen LogP contribution in [0, 0.1) is 5.82 Å². The van der Waals surface area contributed by atoms with Crippen molar-refractivity contribution in [2.75, 3.05) is 0 Å². The maximum absolute atomic E-state index is 12.9. The van der Waals surface area contributed by atoms with Gasteiger partial charge in [0.1, 0.15) is 5.82 Å². The lowest BCUT2D eigenvalue weighted by molar-refractivity contribution is 0.627. The number of rotatable bonds is 4. The maximum Gasteiger partial charge on any atom is 0.168 e. The molecule has 0 N–H and O–H groups in total. The fourth-order valence-corrected chi connectivity index (χ4v) is 3.32. The fourth-order valence-electron chi connectivity index (χ4n) is 2.14. The first-order valence-corrected chi connectivity index (χ1v) is 8.56. The molecule has 0 atom stereocenters. The zero-order valence-corrected chi connectivity index (χ0v) is 14.4. The van der Waals surface area contributed by atoms with Crippen molar-refractivity contribution < 1.29 is 4.39 Å². The monoisotopic (exact) mass is 376 g/mol. The highest BCUT2D eigenvalue weighted by molar-refractivity contribution is 9.10. The number of hydrogen-bond acceptors (Lipinski definition) is 2. The van der Waals surface area contributed by atoms with E-state index in [0.717, 1.165) is 32.2 Å². The summed E-state index contributed by atoms with van der Waals surface area (Å²) in [6.45, 7) is 0. The molecule has 0 fully saturated rings. The van der Waals surface area contributed by atoms with E-state index in [0.29, 0.717) is 0 Å². The van der Waals surface area contributed by atoms with Crippen molar-refractivity contribution in [2.24, 2.45) is 7.05 Å². The normalized spacial score (nSPS) is 10.9. The summed E-state index contributed by atoms with van der Waals surface area (Å²) in [6.07, 6.45) is 1.89. The minimum atomic E-state index is -0.205. The van der Waals surface area contributed by atoms with Gasteiger partial charge in [-0.05, 0) is 35.4 Å². The standard InChI is InChI=1S/C17H14BrFN2S/c1-21-16(13-4-6-14(18)7-5-13)10-20-17(21)22-11-12-2-8-15(19)9-3-12/h2-10H,11H2,1H3. The summed E-state index contributed by atoms with van der Waals surface area (Å²) in [5, 5.41) is 0.947. The molecule has 0 aliphatic heterocycles. The Morgan fingerprint density at radius 1 is 1.09 bits per heavy atom. The van der Waals surface area contributed by atoms with Gasteiger partial charge in [0.25, 0.3) is 0 Å². The summed E-state index contributed by atoms with van der Waals surface area (Å²) in [7, 11) is 2.01. The van der Waals surface area contributed by atoms with E-state index in [1.54, 1.807) is 23.9 Å². The second-order valence-corrected chi connectivity index (χ2v) is 6.77. The van der Waals surface area contributed by atoms with Crippen LogP contribution in [-0.2, 0) is 12.8 Å². The summed E-state index contributed by atoms with van der Waals surface area (Å²) < 4.78 is 16.0. The van der Waals surface area contributed by atoms with Crippen molar-refractivity contribution in [1.29, 1.82) is 0 Å². The highest BCUT2D eigenvalue weighted by Gasteiger charge is 2.09. The van der Waals surface area contributed by atoms with Crippen molar-refractivity contribution in [3.8, 4) is 11.3 Å². The van der Waals surface area contributed by atoms with Crippen LogP contribution in [0.15, 0.2) is 64.4 Å². The van der Waals surface area contributed by atoms with Crippen LogP contribution in [-0.4, -0.2) is 9.55 Å². The topological polar surface area (TPSA) is 17.8 Å². The lowest BCUT2D eigenvalue weighted by Gasteiger charge is -2.06. The number of nitrogens with zero attached hydrogens (tertiary/aromatic N) is 2. The van der Waals surface area contributed by atoms with E-state index in [2.05, 4.69) is 37.6 Å². The van der Waals surface area contributed by atoms with E-state index in [9.17, 15) is 4.39 Å². The quantitative estimate of drug-likeness (QED) is 0.576. The van der Waals surface area contributed by atoms with Crippen molar-refractivity contribution in [3.05, 3.63) is 70.6 Å². The number of imidazole rings is 1. The van der Waals surface area contributed by atoms with Crippen LogP contribution < -0.4 is 0 Å². The Bertz CT molecular complexity index is 766. The molecule has 3 aromatic rings. The molecule has 1 aromatic heterocycles. The molecule has 22 heavy (non-hydrogen) atoms. The molecule has 0 aliphatic carbocycles. The zero-order valence-electron chi connectivity index (χ0n) is 12.0. The minimum Gasteiger partial charge on any atom is -0.322 e. The van der Waals surface area contributed by atoms with Gasteiger partial charge in [-0.3, -0.25) is 0 Å². The van der Waals surface area contributed by atoms with E-state index < -0.39 is 0 Å². The minimum absolute atomic E-state index is 0.205. The van der Waals surface area contributed by atoms with Crippen LogP contribution in [0.25, 0.3) is 11.3 Å². The largest absolute Gasteiger partial charge is 0.322 e. The van der Waals surface area contributed by atoms with Crippen molar-refractivity contribution in [3.63, 3.8) is 0 Å². The van der Waals surface area contributed by atoms with Crippen molar-refractivity contribution in [1.82, 2.24) is 9.55 Å². The average Bonchev–Trinajstić information content (AvgIpc) is 2.89. The Morgan fingerprint density at radius 2 is 1.77 bits per heavy atom. The SMILES string of the molecule is Cn1c(-c2ccc(Br)cc2)cnc1SCc1ccc(F)cc1. The van der Waals surface area contributed by atoms with Gasteiger partial charge in [0.2, 0.25) is 0 Å². The van der Waals surface area contributed by atoms with Crippen LogP contribution in [0.5, 0.6) is 0 Å². The Balaban J connectivity index is 1.75. The Kier molecular flexibility index (Phi) is 4.64. The van der Waals surface area contributed by atoms with Crippen LogP contribution in [0.4, 0.5) is 4.39 Å². The lowest BCUT2D eigenvalue weighted by atomic mass is 10.2. The average molecular weight is 377 g/mol. The number of benzene rings is 2. The lowest BCUT2D eigenvalue weighted by Crippen LogP contribution is -1.94. The van der Waals surface area contributed by atoms with Gasteiger partial charge in [-0.1, -0.05) is 52.0 Å². The fraction of sp³-hybridized carbons (Fsp3) is 0.118. The molecule has 0 unspecified atom stereocenters. The molecule has 3 rings (SSSR count). The molecule has 0 aliphatic rings. The molecule has 0 bridgehead atoms. The van der Waals surface area contributed by atoms with Gasteiger partial charge in [0.15, 0.2) is 5.16 Å². The summed E-state index contributed by atoms with van der Waals surface area (Å²) in [4.78, 5) is 4.49. The summed E-state index contributed by atoms with van der Waals surface area (Å²) >= 11 is 5.09. The predicted octanol–water partition coefficient (Wildman–Crippen LogP) is 5.28. The van der Waals surface area contributed by atoms with Gasteiger partial charge in [-0.25, -0.2) is 9.37 Å². The highest BCUT2D eigenvalue weighted by atomic mass is 79.9. The second-order valence-electron chi connectivity index (χ2n) is 4.91. The smallest absolute Gasteiger partial charge is 0.168 e. The Morgan fingerprint density at radius 3 is 2.45 bits per heavy atom. The first-order valence-electron chi connectivity index (χ1n) is 6.78. The number of halogens is 2. The Hall–Kier alpha value is -1.59. The number of hydrogen-bond donors (Lipinski definition) is 0. The van der Waals surface area contributed by atoms with Gasteiger partial charge < -0.3 is 4.57 Å². The van der Waals surface area contributed by atoms with Gasteiger partial charge in [-0.15, -0.1) is 0 Å². The molecule has 112 valence electrons. The van der Waals surface area contributed by atoms with Crippen molar-refractivity contribution >= 4 is 27.7 Å². The molecule has 2 aromatic carbocycles. The van der Waals surface area contributed by atoms with E-state index in [4.69, 9.17) is 0 Å². The second kappa shape index (κ2) is 6.67. The summed E-state index contributed by atoms with van der Waals surface area (Å²) in [6, 6.07) is 14.8. The van der Waals surface area contributed by atoms with Gasteiger partial charge in [-0.2, -0.15) is 0 Å². The van der Waals surface area contributed by atoms with Gasteiger partial charge >= 0.3 is 0 Å². The first kappa shape index (κ1) is 15.3. The third-order valence-corrected chi connectivity index (χ3v) is 5.01. The van der Waals surface area contributed by atoms with Crippen LogP contribution in [0.2, 0.25) is 0 Å². The zero-order chi connectivity index (χ0) is 15.5. The number of aromatic nitrogens is 2. The number of thioether (sulfide) groups is 1. The maximum atomic E-state index is 12.9. The molecule has 0 radical (unpaired) electrons. The molecular weight excluding hydrogens is 363 g/mol. The van der Waals surface area contributed by atoms with E-state index in [1.165, 1.54) is 12.1 Å². The molecule has 0 spiro atoms. The first-order chi connectivity index (χ1) is 10.6. The van der Waals surface area contributed by atoms with Crippen LogP contribution in [0.1, 0.15) is 5.56 Å². The molecular formula is C17H14BrFN2S. The molecule has 1 heterocycles. The van der Waals surface area contributed by atoms with Gasteiger partial charge in [0, 0.05) is 17.3 Å². The van der Waals surface area contributed by atoms with Crippen LogP contribution >= 0.6 is 27.7 Å². The molecule has 0 saturated carbocycles. The summed E-state index contributed by atoms with van der Waals surface area (Å²) in [5.74, 6) is 0.563. The highest BCUT2D eigenvalue weighted by Crippen LogP contribution is 2.27. The summed E-state index contributed by atoms with van der Waals surface area (Å²) in [5.41, 5.74) is 3.29. The predicted molar refractivity (Wildman–Crippen MR) is 92.3 cm³/mol. The molecule has 5 heteroatoms. The molecule has 0 amide bonds.